The third-order valence-electron chi connectivity index (χ3n) is 2.49. The van der Waals surface area contributed by atoms with Gasteiger partial charge in [0.2, 0.25) is 0 Å². The van der Waals surface area contributed by atoms with Crippen molar-refractivity contribution in [2.75, 3.05) is 0 Å². The van der Waals surface area contributed by atoms with Gasteiger partial charge in [0.25, 0.3) is 23.6 Å². The molecule has 0 saturated carbocycles. The minimum atomic E-state index is -1.21. The Morgan fingerprint density at radius 2 is 1.53 bits per heavy atom. The van der Waals surface area contributed by atoms with E-state index in [9.17, 15) is 24.0 Å². The summed E-state index contributed by atoms with van der Waals surface area (Å²) in [5, 5.41) is 0.311. The van der Waals surface area contributed by atoms with Crippen LogP contribution in [0.2, 0.25) is 0 Å². The van der Waals surface area contributed by atoms with E-state index in [1.165, 1.54) is 0 Å². The fourth-order valence-electron chi connectivity index (χ4n) is 1.55. The number of hydrogen-bond acceptors (Lipinski definition) is 6. The molecule has 0 bridgehead atoms. The van der Waals surface area contributed by atoms with E-state index in [2.05, 4.69) is 11.4 Å². The van der Waals surface area contributed by atoms with Crippen LogP contribution in [0, 0.1) is 0 Å². The number of nitrogens with zero attached hydrogens (tertiary/aromatic N) is 2. The van der Waals surface area contributed by atoms with E-state index < -0.39 is 35.3 Å². The molecular weight excluding hydrogens is 256 g/mol. The van der Waals surface area contributed by atoms with Crippen LogP contribution in [0.5, 0.6) is 0 Å². The first-order chi connectivity index (χ1) is 8.91. The normalized spacial score (nSPS) is 18.5. The summed E-state index contributed by atoms with van der Waals surface area (Å²) in [6.07, 6.45) is 1.82. The molecule has 8 nitrogen and oxygen atoms in total. The van der Waals surface area contributed by atoms with Crippen LogP contribution in [0.25, 0.3) is 0 Å². The minimum Gasteiger partial charge on any atom is -0.323 e. The van der Waals surface area contributed by atoms with Gasteiger partial charge in [-0.3, -0.25) is 19.2 Å². The van der Waals surface area contributed by atoms with Crippen LogP contribution in [0.1, 0.15) is 12.8 Å². The molecule has 0 atom stereocenters. The van der Waals surface area contributed by atoms with Crippen LogP contribution in [-0.2, 0) is 28.8 Å². The lowest BCUT2D eigenvalue weighted by Crippen LogP contribution is -2.38. The highest BCUT2D eigenvalue weighted by Crippen LogP contribution is 2.16. The Bertz CT molecular complexity index is 528. The monoisotopic (exact) mass is 264 g/mol. The quantitative estimate of drug-likeness (QED) is 0.480. The maximum Gasteiger partial charge on any atom is 0.380 e. The second-order valence-corrected chi connectivity index (χ2v) is 3.75. The summed E-state index contributed by atoms with van der Waals surface area (Å²) in [4.78, 5) is 61.7. The Morgan fingerprint density at radius 1 is 1.05 bits per heavy atom. The highest BCUT2D eigenvalue weighted by Gasteiger charge is 2.36. The zero-order valence-corrected chi connectivity index (χ0v) is 9.62. The van der Waals surface area contributed by atoms with E-state index in [-0.39, 0.29) is 12.8 Å². The zero-order valence-electron chi connectivity index (χ0n) is 9.62. The lowest BCUT2D eigenvalue weighted by molar-refractivity contribution is -0.195. The van der Waals surface area contributed by atoms with Crippen molar-refractivity contribution < 1.29 is 28.8 Å². The highest BCUT2D eigenvalue weighted by molar-refractivity contribution is 6.17. The van der Waals surface area contributed by atoms with Gasteiger partial charge in [-0.05, 0) is 0 Å². The third kappa shape index (κ3) is 2.15. The molecule has 0 aromatic rings. The van der Waals surface area contributed by atoms with Gasteiger partial charge < -0.3 is 4.84 Å². The van der Waals surface area contributed by atoms with Crippen LogP contribution in [0.3, 0.4) is 0 Å². The molecule has 98 valence electrons. The average molecular weight is 264 g/mol. The van der Waals surface area contributed by atoms with Crippen LogP contribution in [0.4, 0.5) is 0 Å². The van der Waals surface area contributed by atoms with Crippen molar-refractivity contribution in [1.29, 1.82) is 0 Å². The molecule has 0 radical (unpaired) electrons. The summed E-state index contributed by atoms with van der Waals surface area (Å²) < 4.78 is 0. The van der Waals surface area contributed by atoms with Crippen molar-refractivity contribution in [3.8, 4) is 0 Å². The Kier molecular flexibility index (Phi) is 2.99. The Hall–Kier alpha value is -2.77. The molecule has 1 saturated heterocycles. The lowest BCUT2D eigenvalue weighted by atomic mass is 10.4. The predicted molar refractivity (Wildman–Crippen MR) is 57.3 cm³/mol. The van der Waals surface area contributed by atoms with Crippen LogP contribution >= 0.6 is 0 Å². The van der Waals surface area contributed by atoms with Crippen molar-refractivity contribution >= 4 is 29.6 Å². The molecular formula is C11H8N2O6. The predicted octanol–water partition coefficient (Wildman–Crippen LogP) is -0.968. The van der Waals surface area contributed by atoms with Gasteiger partial charge in [0.1, 0.15) is 5.70 Å². The number of carbonyl (C=O) groups excluding carboxylic acids is 5. The van der Waals surface area contributed by atoms with E-state index in [0.717, 1.165) is 12.2 Å². The van der Waals surface area contributed by atoms with Gasteiger partial charge in [0.05, 0.1) is 0 Å². The van der Waals surface area contributed by atoms with Gasteiger partial charge in [-0.15, -0.1) is 5.06 Å². The highest BCUT2D eigenvalue weighted by atomic mass is 16.7. The molecule has 0 aromatic carbocycles. The molecule has 0 unspecified atom stereocenters. The molecule has 19 heavy (non-hydrogen) atoms. The third-order valence-corrected chi connectivity index (χ3v) is 2.49. The summed E-state index contributed by atoms with van der Waals surface area (Å²) in [6, 6.07) is 0. The first-order valence-electron chi connectivity index (χ1n) is 5.25. The van der Waals surface area contributed by atoms with Gasteiger partial charge in [0, 0.05) is 25.0 Å². The minimum absolute atomic E-state index is 0.0538. The van der Waals surface area contributed by atoms with Crippen molar-refractivity contribution in [2.24, 2.45) is 0 Å². The van der Waals surface area contributed by atoms with E-state index in [4.69, 9.17) is 0 Å². The number of hydroxylamine groups is 2. The smallest absolute Gasteiger partial charge is 0.323 e. The Labute approximate surface area is 106 Å². The van der Waals surface area contributed by atoms with Gasteiger partial charge in [0.15, 0.2) is 0 Å². The number of rotatable bonds is 3. The Morgan fingerprint density at radius 3 is 2.00 bits per heavy atom. The zero-order chi connectivity index (χ0) is 14.2. The first kappa shape index (κ1) is 12.7. The van der Waals surface area contributed by atoms with Gasteiger partial charge in [-0.2, -0.15) is 0 Å². The lowest BCUT2D eigenvalue weighted by Gasteiger charge is -2.17. The molecule has 2 aliphatic rings. The van der Waals surface area contributed by atoms with E-state index >= 15 is 0 Å². The summed E-state index contributed by atoms with van der Waals surface area (Å²) >= 11 is 0. The maximum absolute atomic E-state index is 11.6. The van der Waals surface area contributed by atoms with E-state index in [1.54, 1.807) is 0 Å². The van der Waals surface area contributed by atoms with Crippen molar-refractivity contribution in [1.82, 2.24) is 9.96 Å². The number of imide groups is 2. The summed E-state index contributed by atoms with van der Waals surface area (Å²) in [5.41, 5.74) is -0.562. The second-order valence-electron chi connectivity index (χ2n) is 3.75. The van der Waals surface area contributed by atoms with Crippen molar-refractivity contribution in [3.63, 3.8) is 0 Å². The molecule has 8 heteroatoms. The second kappa shape index (κ2) is 4.48. The number of hydrogen-bond donors (Lipinski definition) is 0. The van der Waals surface area contributed by atoms with Gasteiger partial charge in [-0.1, -0.05) is 6.58 Å². The number of carbonyl (C=O) groups is 5. The molecule has 0 aromatic heterocycles. The van der Waals surface area contributed by atoms with E-state index in [0.29, 0.717) is 9.96 Å². The van der Waals surface area contributed by atoms with Crippen LogP contribution in [0.15, 0.2) is 24.4 Å². The SMILES string of the molecule is C=C(C(=O)ON1C(=O)CCC1=O)N1C(=O)C=CC1=O. The fourth-order valence-corrected chi connectivity index (χ4v) is 1.55. The average Bonchev–Trinajstić information content (AvgIpc) is 2.85. The first-order valence-corrected chi connectivity index (χ1v) is 5.25. The summed E-state index contributed by atoms with van der Waals surface area (Å²) in [6.45, 7) is 3.25. The van der Waals surface area contributed by atoms with Crippen LogP contribution < -0.4 is 0 Å². The van der Waals surface area contributed by atoms with Gasteiger partial charge in [-0.25, -0.2) is 9.69 Å². The molecule has 1 fully saturated rings. The summed E-state index contributed by atoms with van der Waals surface area (Å²) in [7, 11) is 0. The largest absolute Gasteiger partial charge is 0.380 e. The molecule has 0 spiro atoms. The standard InChI is InChI=1S/C11H8N2O6/c1-6(12-7(14)2-3-8(12)15)11(18)19-13-9(16)4-5-10(13)17/h2-3H,1,4-5H2. The van der Waals surface area contributed by atoms with Crippen molar-refractivity contribution in [2.45, 2.75) is 12.8 Å². The Balaban J connectivity index is 2.06. The van der Waals surface area contributed by atoms with E-state index in [1.807, 2.05) is 0 Å². The molecule has 4 amide bonds. The molecule has 2 heterocycles. The van der Waals surface area contributed by atoms with Gasteiger partial charge >= 0.3 is 5.97 Å². The maximum atomic E-state index is 11.6. The molecule has 0 aliphatic carbocycles. The summed E-state index contributed by atoms with van der Waals surface area (Å²) in [5.74, 6) is -4.03. The topological polar surface area (TPSA) is 101 Å². The molecule has 2 rings (SSSR count). The molecule has 0 N–H and O–H groups in total. The fraction of sp³-hybridized carbons (Fsp3) is 0.182. The number of amides is 4. The van der Waals surface area contributed by atoms with Crippen molar-refractivity contribution in [3.05, 3.63) is 24.4 Å². The molecule has 2 aliphatic heterocycles. The van der Waals surface area contributed by atoms with Crippen LogP contribution in [-0.4, -0.2) is 39.6 Å².